The van der Waals surface area contributed by atoms with Gasteiger partial charge < -0.3 is 9.47 Å². The highest BCUT2D eigenvalue weighted by molar-refractivity contribution is 5.79. The van der Waals surface area contributed by atoms with Crippen molar-refractivity contribution in [3.05, 3.63) is 87.7 Å². The minimum absolute atomic E-state index is 0.0380. The van der Waals surface area contributed by atoms with Crippen LogP contribution in [0.4, 0.5) is 0 Å². The van der Waals surface area contributed by atoms with Crippen molar-refractivity contribution in [2.45, 2.75) is 33.7 Å². The Morgan fingerprint density at radius 2 is 1.72 bits per heavy atom. The van der Waals surface area contributed by atoms with Crippen LogP contribution in [0.25, 0.3) is 22.3 Å². The van der Waals surface area contributed by atoms with Gasteiger partial charge in [-0.1, -0.05) is 18.2 Å². The molecule has 32 heavy (non-hydrogen) atoms. The third-order valence-corrected chi connectivity index (χ3v) is 5.76. The van der Waals surface area contributed by atoms with E-state index in [1.54, 1.807) is 11.7 Å². The van der Waals surface area contributed by atoms with Crippen LogP contribution in [0.2, 0.25) is 0 Å². The number of hydrogen-bond acceptors (Lipinski definition) is 4. The van der Waals surface area contributed by atoms with Crippen LogP contribution in [-0.4, -0.2) is 23.3 Å². The first-order valence-electron chi connectivity index (χ1n) is 10.8. The SMILES string of the molecule is COc1ccc(-c2nc3ccccc3c(=O)n2CCCOc2cc(C)cc(C)c2C)cc1. The average molecular weight is 429 g/mol. The molecule has 1 heterocycles. The summed E-state index contributed by atoms with van der Waals surface area (Å²) in [6, 6.07) is 19.3. The van der Waals surface area contributed by atoms with E-state index >= 15 is 0 Å². The number of methoxy groups -OCH3 is 1. The van der Waals surface area contributed by atoms with Crippen molar-refractivity contribution in [2.24, 2.45) is 0 Å². The predicted molar refractivity (Wildman–Crippen MR) is 129 cm³/mol. The van der Waals surface area contributed by atoms with Crippen molar-refractivity contribution in [3.63, 3.8) is 0 Å². The molecule has 5 heteroatoms. The fraction of sp³-hybridized carbons (Fsp3) is 0.259. The van der Waals surface area contributed by atoms with Crippen molar-refractivity contribution >= 4 is 10.9 Å². The van der Waals surface area contributed by atoms with Gasteiger partial charge in [0, 0.05) is 12.1 Å². The number of rotatable bonds is 7. The Kier molecular flexibility index (Phi) is 6.26. The Morgan fingerprint density at radius 1 is 0.969 bits per heavy atom. The highest BCUT2D eigenvalue weighted by Gasteiger charge is 2.13. The summed E-state index contributed by atoms with van der Waals surface area (Å²) in [6.07, 6.45) is 0.690. The maximum absolute atomic E-state index is 13.3. The van der Waals surface area contributed by atoms with E-state index in [2.05, 4.69) is 32.9 Å². The monoisotopic (exact) mass is 428 g/mol. The molecule has 4 rings (SSSR count). The number of ether oxygens (including phenoxy) is 2. The van der Waals surface area contributed by atoms with Crippen LogP contribution in [-0.2, 0) is 6.54 Å². The molecule has 0 fully saturated rings. The zero-order valence-electron chi connectivity index (χ0n) is 19.0. The van der Waals surface area contributed by atoms with Gasteiger partial charge in [0.15, 0.2) is 0 Å². The van der Waals surface area contributed by atoms with Gasteiger partial charge in [-0.05, 0) is 86.3 Å². The van der Waals surface area contributed by atoms with Crippen molar-refractivity contribution in [1.29, 1.82) is 0 Å². The Labute approximate surface area is 188 Å². The zero-order valence-corrected chi connectivity index (χ0v) is 19.0. The molecule has 0 saturated heterocycles. The van der Waals surface area contributed by atoms with E-state index in [4.69, 9.17) is 14.5 Å². The molecule has 1 aromatic heterocycles. The molecule has 0 aliphatic rings. The van der Waals surface area contributed by atoms with Crippen LogP contribution in [0.5, 0.6) is 11.5 Å². The molecule has 0 atom stereocenters. The molecule has 0 saturated carbocycles. The van der Waals surface area contributed by atoms with Gasteiger partial charge in [0.25, 0.3) is 5.56 Å². The zero-order chi connectivity index (χ0) is 22.7. The van der Waals surface area contributed by atoms with E-state index < -0.39 is 0 Å². The first kappa shape index (κ1) is 21.6. The lowest BCUT2D eigenvalue weighted by molar-refractivity contribution is 0.299. The lowest BCUT2D eigenvalue weighted by Crippen LogP contribution is -2.24. The topological polar surface area (TPSA) is 53.3 Å². The summed E-state index contributed by atoms with van der Waals surface area (Å²) in [5.74, 6) is 2.32. The molecule has 0 aliphatic heterocycles. The Hall–Kier alpha value is -3.60. The fourth-order valence-electron chi connectivity index (χ4n) is 3.89. The average Bonchev–Trinajstić information content (AvgIpc) is 2.80. The summed E-state index contributed by atoms with van der Waals surface area (Å²) >= 11 is 0. The molecule has 0 N–H and O–H groups in total. The standard InChI is InChI=1S/C27H28N2O3/c1-18-16-19(2)20(3)25(17-18)32-15-7-14-29-26(21-10-12-22(31-4)13-11-21)28-24-9-6-5-8-23(24)27(29)30/h5-6,8-13,16-17H,7,14-15H2,1-4H3. The van der Waals surface area contributed by atoms with E-state index in [9.17, 15) is 4.79 Å². The van der Waals surface area contributed by atoms with Crippen molar-refractivity contribution in [3.8, 4) is 22.9 Å². The van der Waals surface area contributed by atoms with Crippen LogP contribution < -0.4 is 15.0 Å². The van der Waals surface area contributed by atoms with Crippen LogP contribution in [0.15, 0.2) is 65.5 Å². The summed E-state index contributed by atoms with van der Waals surface area (Å²) in [6.45, 7) is 7.27. The van der Waals surface area contributed by atoms with E-state index in [1.165, 1.54) is 11.1 Å². The first-order chi connectivity index (χ1) is 15.5. The molecule has 0 unspecified atom stereocenters. The smallest absolute Gasteiger partial charge is 0.261 e. The van der Waals surface area contributed by atoms with E-state index in [0.29, 0.717) is 36.3 Å². The minimum atomic E-state index is -0.0380. The number of fused-ring (bicyclic) bond motifs is 1. The van der Waals surface area contributed by atoms with E-state index in [1.807, 2.05) is 48.5 Å². The van der Waals surface area contributed by atoms with Crippen LogP contribution in [0.1, 0.15) is 23.1 Å². The molecule has 164 valence electrons. The molecular weight excluding hydrogens is 400 g/mol. The maximum atomic E-state index is 13.3. The summed E-state index contributed by atoms with van der Waals surface area (Å²) in [4.78, 5) is 18.1. The van der Waals surface area contributed by atoms with Crippen LogP contribution in [0.3, 0.4) is 0 Å². The van der Waals surface area contributed by atoms with Gasteiger partial charge in [0.2, 0.25) is 0 Å². The molecule has 0 bridgehead atoms. The van der Waals surface area contributed by atoms with Gasteiger partial charge >= 0.3 is 0 Å². The molecule has 0 aliphatic carbocycles. The lowest BCUT2D eigenvalue weighted by Gasteiger charge is -2.15. The Morgan fingerprint density at radius 3 is 2.47 bits per heavy atom. The summed E-state index contributed by atoms with van der Waals surface area (Å²) in [5, 5.41) is 0.621. The summed E-state index contributed by atoms with van der Waals surface area (Å²) in [5.41, 5.74) is 5.08. The number of hydrogen-bond donors (Lipinski definition) is 0. The maximum Gasteiger partial charge on any atom is 0.261 e. The number of para-hydroxylation sites is 1. The second-order valence-electron chi connectivity index (χ2n) is 8.04. The van der Waals surface area contributed by atoms with Crippen molar-refractivity contribution in [2.75, 3.05) is 13.7 Å². The number of benzene rings is 3. The Bertz CT molecular complexity index is 1310. The third-order valence-electron chi connectivity index (χ3n) is 5.76. The van der Waals surface area contributed by atoms with E-state index in [-0.39, 0.29) is 5.56 Å². The van der Waals surface area contributed by atoms with Crippen LogP contribution in [0, 0.1) is 20.8 Å². The molecule has 0 radical (unpaired) electrons. The minimum Gasteiger partial charge on any atom is -0.497 e. The highest BCUT2D eigenvalue weighted by atomic mass is 16.5. The molecule has 5 nitrogen and oxygen atoms in total. The lowest BCUT2D eigenvalue weighted by atomic mass is 10.1. The van der Waals surface area contributed by atoms with Gasteiger partial charge in [-0.3, -0.25) is 9.36 Å². The molecule has 0 amide bonds. The normalized spacial score (nSPS) is 11.0. The van der Waals surface area contributed by atoms with E-state index in [0.717, 1.165) is 22.6 Å². The van der Waals surface area contributed by atoms with Crippen molar-refractivity contribution < 1.29 is 9.47 Å². The van der Waals surface area contributed by atoms with Gasteiger partial charge in [-0.15, -0.1) is 0 Å². The van der Waals surface area contributed by atoms with Gasteiger partial charge in [0.1, 0.15) is 17.3 Å². The summed E-state index contributed by atoms with van der Waals surface area (Å²) in [7, 11) is 1.64. The molecule has 3 aromatic carbocycles. The number of nitrogens with zero attached hydrogens (tertiary/aromatic N) is 2. The number of aryl methyl sites for hydroxylation is 2. The van der Waals surface area contributed by atoms with Gasteiger partial charge in [-0.2, -0.15) is 0 Å². The molecular formula is C27H28N2O3. The van der Waals surface area contributed by atoms with Gasteiger partial charge in [-0.25, -0.2) is 4.98 Å². The molecule has 0 spiro atoms. The second kappa shape index (κ2) is 9.27. The predicted octanol–water partition coefficient (Wildman–Crippen LogP) is 5.47. The van der Waals surface area contributed by atoms with Crippen LogP contribution >= 0.6 is 0 Å². The highest BCUT2D eigenvalue weighted by Crippen LogP contribution is 2.24. The first-order valence-corrected chi connectivity index (χ1v) is 10.8. The third kappa shape index (κ3) is 4.37. The largest absolute Gasteiger partial charge is 0.497 e. The summed E-state index contributed by atoms with van der Waals surface area (Å²) < 4.78 is 13.1. The quantitative estimate of drug-likeness (QED) is 0.367. The van der Waals surface area contributed by atoms with Crippen molar-refractivity contribution in [1.82, 2.24) is 9.55 Å². The number of aromatic nitrogens is 2. The second-order valence-corrected chi connectivity index (χ2v) is 8.04. The Balaban J connectivity index is 1.62. The molecule has 4 aromatic rings. The fourth-order valence-corrected chi connectivity index (χ4v) is 3.89. The van der Waals surface area contributed by atoms with Gasteiger partial charge in [0.05, 0.1) is 24.6 Å².